The molecule has 1 aliphatic carbocycles. The van der Waals surface area contributed by atoms with Crippen LogP contribution in [0.15, 0.2) is 59.3 Å². The maximum atomic E-state index is 16.0. The van der Waals surface area contributed by atoms with E-state index in [0.29, 0.717) is 25.2 Å². The number of carbonyl (C=O) groups is 1. The van der Waals surface area contributed by atoms with Gasteiger partial charge in [-0.15, -0.1) is 0 Å². The Labute approximate surface area is 258 Å². The molecule has 0 spiro atoms. The van der Waals surface area contributed by atoms with Gasteiger partial charge in [0.25, 0.3) is 0 Å². The van der Waals surface area contributed by atoms with Gasteiger partial charge in [-0.3, -0.25) is 9.78 Å². The first-order valence-corrected chi connectivity index (χ1v) is 16.4. The number of sulfone groups is 1. The van der Waals surface area contributed by atoms with E-state index in [4.69, 9.17) is 11.6 Å². The van der Waals surface area contributed by atoms with Gasteiger partial charge >= 0.3 is 5.69 Å². The molecular weight excluding hydrogens is 609 g/mol. The highest BCUT2D eigenvalue weighted by Crippen LogP contribution is 2.41. The van der Waals surface area contributed by atoms with Crippen LogP contribution >= 0.6 is 11.6 Å². The van der Waals surface area contributed by atoms with Crippen LogP contribution in [0.2, 0.25) is 5.02 Å². The van der Waals surface area contributed by atoms with Crippen molar-refractivity contribution < 1.29 is 17.6 Å². The Morgan fingerprint density at radius 2 is 1.95 bits per heavy atom. The lowest BCUT2D eigenvalue weighted by Crippen LogP contribution is -2.54. The third-order valence-corrected chi connectivity index (χ3v) is 9.58. The minimum atomic E-state index is -3.93. The lowest BCUT2D eigenvalue weighted by atomic mass is 9.79. The smallest absolute Gasteiger partial charge is 0.350 e. The number of fused-ring (bicyclic) bond motifs is 1. The first-order chi connectivity index (χ1) is 21.0. The molecule has 5 heterocycles. The van der Waals surface area contributed by atoms with Crippen LogP contribution in [-0.2, 0) is 14.6 Å². The summed E-state index contributed by atoms with van der Waals surface area (Å²) in [6.45, 7) is 6.38. The molecule has 0 unspecified atom stereocenters. The number of anilines is 1. The van der Waals surface area contributed by atoms with Crippen LogP contribution in [-0.4, -0.2) is 75.7 Å². The predicted octanol–water partition coefficient (Wildman–Crippen LogP) is 3.92. The zero-order valence-corrected chi connectivity index (χ0v) is 25.6. The first-order valence-electron chi connectivity index (χ1n) is 14.1. The molecule has 0 aromatic carbocycles. The van der Waals surface area contributed by atoms with E-state index in [1.54, 1.807) is 11.0 Å². The molecule has 228 valence electrons. The van der Waals surface area contributed by atoms with E-state index >= 15 is 4.39 Å². The monoisotopic (exact) mass is 637 g/mol. The summed E-state index contributed by atoms with van der Waals surface area (Å²) in [4.78, 5) is 47.2. The van der Waals surface area contributed by atoms with Gasteiger partial charge in [0.1, 0.15) is 17.3 Å². The molecule has 4 aromatic heterocycles. The number of aromatic nitrogens is 5. The molecule has 1 saturated carbocycles. The molecule has 0 bridgehead atoms. The molecule has 1 atom stereocenters. The fraction of sp³-hybridized carbons (Fsp3) is 0.333. The molecule has 2 fully saturated rings. The summed E-state index contributed by atoms with van der Waals surface area (Å²) in [7, 11) is -3.93. The normalized spacial score (nSPS) is 17.5. The number of hydrogen-bond donors (Lipinski definition) is 0. The zero-order valence-electron chi connectivity index (χ0n) is 24.1. The average molecular weight is 638 g/mol. The first kappa shape index (κ1) is 29.8. The topological polar surface area (TPSA) is 131 Å². The number of hydrogen-bond acceptors (Lipinski definition) is 9. The van der Waals surface area contributed by atoms with E-state index in [0.717, 1.165) is 30.1 Å². The van der Waals surface area contributed by atoms with E-state index in [9.17, 15) is 18.0 Å². The van der Waals surface area contributed by atoms with Gasteiger partial charge in [-0.2, -0.15) is 4.98 Å². The average Bonchev–Trinajstić information content (AvgIpc) is 2.95. The second-order valence-corrected chi connectivity index (χ2v) is 13.4. The summed E-state index contributed by atoms with van der Waals surface area (Å²) in [6.07, 6.45) is 9.09. The fourth-order valence-corrected chi connectivity index (χ4v) is 6.87. The molecule has 4 aromatic rings. The molecule has 1 saturated heterocycles. The molecule has 6 rings (SSSR count). The van der Waals surface area contributed by atoms with E-state index < -0.39 is 21.3 Å². The SMILES string of the molecule is C=CC(=O)N1CCN(c2nc(=O)n(-c3c(C4CCC4)ccnc3S(C)(=O)=O)c3nc(-c4cnccc4Cl)c(F)cc23)[C@@H](C)C1. The molecule has 11 nitrogen and oxygen atoms in total. The van der Waals surface area contributed by atoms with Crippen molar-refractivity contribution in [3.05, 3.63) is 76.3 Å². The van der Waals surface area contributed by atoms with Crippen LogP contribution in [0.25, 0.3) is 28.0 Å². The number of piperazine rings is 1. The number of carbonyl (C=O) groups excluding carboxylic acids is 1. The lowest BCUT2D eigenvalue weighted by molar-refractivity contribution is -0.126. The third-order valence-electron chi connectivity index (χ3n) is 8.25. The Balaban J connectivity index is 1.67. The second kappa shape index (κ2) is 11.4. The minimum Gasteiger partial charge on any atom is -0.350 e. The van der Waals surface area contributed by atoms with Gasteiger partial charge < -0.3 is 9.80 Å². The summed E-state index contributed by atoms with van der Waals surface area (Å²) in [6, 6.07) is 4.13. The minimum absolute atomic E-state index is 0.00156. The molecule has 1 aliphatic heterocycles. The van der Waals surface area contributed by atoms with Crippen molar-refractivity contribution >= 4 is 44.2 Å². The molecular formula is C30H29ClFN7O4S. The largest absolute Gasteiger partial charge is 0.355 e. The lowest BCUT2D eigenvalue weighted by Gasteiger charge is -2.40. The van der Waals surface area contributed by atoms with Crippen molar-refractivity contribution in [2.75, 3.05) is 30.8 Å². The highest BCUT2D eigenvalue weighted by atomic mass is 35.5. The molecule has 44 heavy (non-hydrogen) atoms. The third kappa shape index (κ3) is 5.13. The Kier molecular flexibility index (Phi) is 7.70. The zero-order chi connectivity index (χ0) is 31.3. The number of rotatable bonds is 6. The maximum absolute atomic E-state index is 16.0. The Bertz CT molecular complexity index is 2000. The Morgan fingerprint density at radius 1 is 1.18 bits per heavy atom. The quantitative estimate of drug-likeness (QED) is 0.289. The van der Waals surface area contributed by atoms with Crippen LogP contribution < -0.4 is 10.6 Å². The number of pyridine rings is 3. The number of nitrogens with zero attached hydrogens (tertiary/aromatic N) is 7. The molecule has 0 N–H and O–H groups in total. The molecule has 0 radical (unpaired) electrons. The van der Waals surface area contributed by atoms with E-state index in [1.165, 1.54) is 36.8 Å². The van der Waals surface area contributed by atoms with Gasteiger partial charge in [-0.05, 0) is 55.5 Å². The summed E-state index contributed by atoms with van der Waals surface area (Å²) in [5.41, 5.74) is -0.0844. The molecule has 2 aliphatic rings. The van der Waals surface area contributed by atoms with Crippen molar-refractivity contribution in [2.45, 2.75) is 43.2 Å². The second-order valence-electron chi connectivity index (χ2n) is 11.1. The summed E-state index contributed by atoms with van der Waals surface area (Å²) < 4.78 is 43.2. The number of amides is 1. The van der Waals surface area contributed by atoms with Crippen molar-refractivity contribution in [1.82, 2.24) is 29.4 Å². The maximum Gasteiger partial charge on any atom is 0.355 e. The van der Waals surface area contributed by atoms with Crippen molar-refractivity contribution in [3.8, 4) is 16.9 Å². The van der Waals surface area contributed by atoms with Crippen LogP contribution in [0.5, 0.6) is 0 Å². The van der Waals surface area contributed by atoms with Crippen molar-refractivity contribution in [1.29, 1.82) is 0 Å². The Morgan fingerprint density at radius 3 is 2.59 bits per heavy atom. The summed E-state index contributed by atoms with van der Waals surface area (Å²) >= 11 is 6.41. The Hall–Kier alpha value is -4.23. The van der Waals surface area contributed by atoms with E-state index in [-0.39, 0.29) is 61.7 Å². The fourth-order valence-electron chi connectivity index (χ4n) is 5.86. The summed E-state index contributed by atoms with van der Waals surface area (Å²) in [5, 5.41) is 0.0832. The molecule has 14 heteroatoms. The van der Waals surface area contributed by atoms with Gasteiger partial charge in [0, 0.05) is 56.1 Å². The van der Waals surface area contributed by atoms with Crippen LogP contribution in [0.3, 0.4) is 0 Å². The predicted molar refractivity (Wildman–Crippen MR) is 164 cm³/mol. The number of halogens is 2. The van der Waals surface area contributed by atoms with Gasteiger partial charge in [-0.25, -0.2) is 32.1 Å². The van der Waals surface area contributed by atoms with Crippen LogP contribution in [0, 0.1) is 5.82 Å². The van der Waals surface area contributed by atoms with Gasteiger partial charge in [0.15, 0.2) is 20.5 Å². The van der Waals surface area contributed by atoms with E-state index in [1.807, 2.05) is 11.8 Å². The standard InChI is InChI=1S/C30H29ClFN7O4S/c1-4-24(40)37-12-13-38(17(2)16-37)27-20-14-23(32)25(21-15-33-10-9-22(21)31)35-28(20)39(30(41)36-27)26-19(18-6-5-7-18)8-11-34-29(26)44(3,42)43/h4,8-11,14-15,17-18H,1,5-7,12-13,16H2,2-3H3/t17-/m0/s1. The highest BCUT2D eigenvalue weighted by molar-refractivity contribution is 7.90. The van der Waals surface area contributed by atoms with Crippen molar-refractivity contribution in [2.24, 2.45) is 0 Å². The van der Waals surface area contributed by atoms with Gasteiger partial charge in [-0.1, -0.05) is 24.6 Å². The van der Waals surface area contributed by atoms with Gasteiger partial charge in [0.2, 0.25) is 5.91 Å². The summed E-state index contributed by atoms with van der Waals surface area (Å²) in [5.74, 6) is -0.783. The van der Waals surface area contributed by atoms with Gasteiger partial charge in [0.05, 0.1) is 16.1 Å². The van der Waals surface area contributed by atoms with E-state index in [2.05, 4.69) is 26.5 Å². The van der Waals surface area contributed by atoms with Crippen molar-refractivity contribution in [3.63, 3.8) is 0 Å². The van der Waals surface area contributed by atoms with Crippen LogP contribution in [0.4, 0.5) is 10.2 Å². The highest BCUT2D eigenvalue weighted by Gasteiger charge is 2.33. The van der Waals surface area contributed by atoms with Crippen LogP contribution in [0.1, 0.15) is 37.7 Å². The molecule has 1 amide bonds.